The van der Waals surface area contributed by atoms with Gasteiger partial charge in [-0.1, -0.05) is 56.3 Å². The minimum Gasteiger partial charge on any atom is -0.488 e. The van der Waals surface area contributed by atoms with E-state index in [0.29, 0.717) is 11.3 Å². The van der Waals surface area contributed by atoms with Crippen LogP contribution in [-0.4, -0.2) is 11.6 Å². The van der Waals surface area contributed by atoms with Gasteiger partial charge in [-0.25, -0.2) is 4.79 Å². The predicted octanol–water partition coefficient (Wildman–Crippen LogP) is 6.41. The highest BCUT2D eigenvalue weighted by molar-refractivity contribution is 5.90. The van der Waals surface area contributed by atoms with E-state index in [1.54, 1.807) is 12.1 Å². The van der Waals surface area contributed by atoms with Gasteiger partial charge in [-0.05, 0) is 68.3 Å². The van der Waals surface area contributed by atoms with Gasteiger partial charge in [-0.15, -0.1) is 0 Å². The average Bonchev–Trinajstić information content (AvgIpc) is 2.68. The van der Waals surface area contributed by atoms with E-state index in [4.69, 9.17) is 9.47 Å². The van der Waals surface area contributed by atoms with Gasteiger partial charge >= 0.3 is 5.97 Å². The first kappa shape index (κ1) is 20.7. The molecule has 0 saturated heterocycles. The molecule has 0 bridgehead atoms. The normalized spacial score (nSPS) is 11.8. The number of benzene rings is 3. The second-order valence-corrected chi connectivity index (χ2v) is 8.64. The van der Waals surface area contributed by atoms with Crippen molar-refractivity contribution in [3.05, 3.63) is 95.6 Å². The van der Waals surface area contributed by atoms with E-state index < -0.39 is 0 Å². The lowest BCUT2D eigenvalue weighted by Crippen LogP contribution is -2.23. The van der Waals surface area contributed by atoms with E-state index in [2.05, 4.69) is 26.0 Å². The summed E-state index contributed by atoms with van der Waals surface area (Å²) < 4.78 is 11.4. The zero-order valence-electron chi connectivity index (χ0n) is 17.7. The fourth-order valence-electron chi connectivity index (χ4n) is 3.14. The average molecular weight is 389 g/mol. The second-order valence-electron chi connectivity index (χ2n) is 8.64. The number of carbonyl (C=O) groups excluding carboxylic acids is 1. The lowest BCUT2D eigenvalue weighted by atomic mass is 9.78. The molecule has 0 unspecified atom stereocenters. The Morgan fingerprint density at radius 3 is 1.62 bits per heavy atom. The van der Waals surface area contributed by atoms with Crippen LogP contribution in [0.25, 0.3) is 0 Å². The van der Waals surface area contributed by atoms with E-state index in [1.165, 1.54) is 5.56 Å². The van der Waals surface area contributed by atoms with Gasteiger partial charge in [0.15, 0.2) is 0 Å². The maximum absolute atomic E-state index is 12.2. The third-order valence-corrected chi connectivity index (χ3v) is 4.80. The van der Waals surface area contributed by atoms with E-state index in [9.17, 15) is 4.79 Å². The van der Waals surface area contributed by atoms with Gasteiger partial charge in [-0.3, -0.25) is 0 Å². The van der Waals surface area contributed by atoms with Crippen LogP contribution in [0.2, 0.25) is 0 Å². The first-order valence-electron chi connectivity index (χ1n) is 9.82. The molecule has 3 heteroatoms. The number of ether oxygens (including phenoxy) is 2. The molecule has 0 aliphatic rings. The quantitative estimate of drug-likeness (QED) is 0.374. The van der Waals surface area contributed by atoms with Crippen molar-refractivity contribution in [2.75, 3.05) is 0 Å². The van der Waals surface area contributed by atoms with Crippen molar-refractivity contribution in [1.29, 1.82) is 0 Å². The molecule has 0 aliphatic carbocycles. The summed E-state index contributed by atoms with van der Waals surface area (Å²) in [5.74, 6) is 1.04. The van der Waals surface area contributed by atoms with Crippen molar-refractivity contribution in [2.45, 2.75) is 45.6 Å². The van der Waals surface area contributed by atoms with Crippen molar-refractivity contribution in [3.63, 3.8) is 0 Å². The zero-order valence-corrected chi connectivity index (χ0v) is 17.7. The molecule has 0 spiro atoms. The lowest BCUT2D eigenvalue weighted by Gasteiger charge is -2.27. The molecule has 0 fully saturated rings. The molecule has 3 aromatic carbocycles. The summed E-state index contributed by atoms with van der Waals surface area (Å²) in [6.07, 6.45) is 0. The fourth-order valence-corrected chi connectivity index (χ4v) is 3.14. The molecule has 0 atom stereocenters. The molecule has 0 aromatic heterocycles. The molecule has 0 aliphatic heterocycles. The third kappa shape index (κ3) is 5.26. The number of rotatable bonds is 5. The maximum atomic E-state index is 12.2. The van der Waals surface area contributed by atoms with Crippen molar-refractivity contribution < 1.29 is 14.3 Å². The molecular formula is C26H28O3. The minimum atomic E-state index is -0.355. The summed E-state index contributed by atoms with van der Waals surface area (Å²) in [6.45, 7) is 10.5. The smallest absolute Gasteiger partial charge is 0.343 e. The molecule has 3 aromatic rings. The molecule has 29 heavy (non-hydrogen) atoms. The Kier molecular flexibility index (Phi) is 5.78. The van der Waals surface area contributed by atoms with Crippen LogP contribution in [0.4, 0.5) is 0 Å². The van der Waals surface area contributed by atoms with Crippen LogP contribution in [0.5, 0.6) is 11.5 Å². The van der Waals surface area contributed by atoms with Crippen LogP contribution >= 0.6 is 0 Å². The number of hydrogen-bond donors (Lipinski definition) is 0. The van der Waals surface area contributed by atoms with Gasteiger partial charge in [0.05, 0.1) is 5.56 Å². The number of carbonyl (C=O) groups is 1. The summed E-state index contributed by atoms with van der Waals surface area (Å²) in [4.78, 5) is 12.2. The highest BCUT2D eigenvalue weighted by Crippen LogP contribution is 2.33. The van der Waals surface area contributed by atoms with Crippen molar-refractivity contribution in [3.8, 4) is 11.5 Å². The van der Waals surface area contributed by atoms with Crippen LogP contribution < -0.4 is 9.47 Å². The number of esters is 1. The summed E-state index contributed by atoms with van der Waals surface area (Å²) in [6, 6.07) is 24.9. The molecule has 0 amide bonds. The standard InChI is InChI=1S/C26H28O3/c1-25(2,3)29-23-17-13-21(14-18-23)26(4,5)20-11-15-22(16-12-20)28-24(27)19-9-7-6-8-10-19/h6-18H,1-5H3. The van der Waals surface area contributed by atoms with Crippen LogP contribution in [0.3, 0.4) is 0 Å². The van der Waals surface area contributed by atoms with Gasteiger partial charge < -0.3 is 9.47 Å². The molecule has 150 valence electrons. The first-order valence-corrected chi connectivity index (χ1v) is 9.82. The Bertz CT molecular complexity index is 948. The second kappa shape index (κ2) is 8.12. The minimum absolute atomic E-state index is 0.192. The summed E-state index contributed by atoms with van der Waals surface area (Å²) in [5.41, 5.74) is 2.45. The van der Waals surface area contributed by atoms with E-state index >= 15 is 0 Å². The molecule has 0 N–H and O–H groups in total. The molecule has 3 nitrogen and oxygen atoms in total. The molecule has 3 rings (SSSR count). The number of hydrogen-bond acceptors (Lipinski definition) is 3. The Hall–Kier alpha value is -3.07. The highest BCUT2D eigenvalue weighted by atomic mass is 16.5. The van der Waals surface area contributed by atoms with Gasteiger partial charge in [0, 0.05) is 5.41 Å². The van der Waals surface area contributed by atoms with Crippen molar-refractivity contribution >= 4 is 5.97 Å². The predicted molar refractivity (Wildman–Crippen MR) is 117 cm³/mol. The van der Waals surface area contributed by atoms with Crippen LogP contribution in [0.15, 0.2) is 78.9 Å². The highest BCUT2D eigenvalue weighted by Gasteiger charge is 2.23. The molecular weight excluding hydrogens is 360 g/mol. The zero-order chi connectivity index (χ0) is 21.1. The van der Waals surface area contributed by atoms with E-state index in [0.717, 1.165) is 11.3 Å². The molecule has 0 heterocycles. The monoisotopic (exact) mass is 388 g/mol. The topological polar surface area (TPSA) is 35.5 Å². The lowest BCUT2D eigenvalue weighted by molar-refractivity contribution is 0.0734. The molecule has 0 saturated carbocycles. The van der Waals surface area contributed by atoms with Crippen LogP contribution in [-0.2, 0) is 5.41 Å². The van der Waals surface area contributed by atoms with Gasteiger partial charge in [-0.2, -0.15) is 0 Å². The Labute approximate surface area is 173 Å². The fraction of sp³-hybridized carbons (Fsp3) is 0.269. The first-order chi connectivity index (χ1) is 13.6. The van der Waals surface area contributed by atoms with Gasteiger partial charge in [0.1, 0.15) is 17.1 Å². The Balaban J connectivity index is 1.73. The summed E-state index contributed by atoms with van der Waals surface area (Å²) >= 11 is 0. The SMILES string of the molecule is CC(C)(C)Oc1ccc(C(C)(C)c2ccc(OC(=O)c3ccccc3)cc2)cc1. The van der Waals surface area contributed by atoms with E-state index in [1.807, 2.05) is 75.4 Å². The summed E-state index contributed by atoms with van der Waals surface area (Å²) in [7, 11) is 0. The van der Waals surface area contributed by atoms with E-state index in [-0.39, 0.29) is 17.0 Å². The van der Waals surface area contributed by atoms with Crippen molar-refractivity contribution in [2.24, 2.45) is 0 Å². The molecule has 0 radical (unpaired) electrons. The van der Waals surface area contributed by atoms with Crippen LogP contribution in [0, 0.1) is 0 Å². The van der Waals surface area contributed by atoms with Crippen molar-refractivity contribution in [1.82, 2.24) is 0 Å². The van der Waals surface area contributed by atoms with Crippen LogP contribution in [0.1, 0.15) is 56.1 Å². The summed E-state index contributed by atoms with van der Waals surface area (Å²) in [5, 5.41) is 0. The largest absolute Gasteiger partial charge is 0.488 e. The third-order valence-electron chi connectivity index (χ3n) is 4.80. The maximum Gasteiger partial charge on any atom is 0.343 e. The van der Waals surface area contributed by atoms with Gasteiger partial charge in [0.2, 0.25) is 0 Å². The Morgan fingerprint density at radius 2 is 1.14 bits per heavy atom. The Morgan fingerprint density at radius 1 is 0.655 bits per heavy atom. The van der Waals surface area contributed by atoms with Gasteiger partial charge in [0.25, 0.3) is 0 Å².